The average Bonchev–Trinajstić information content (AvgIpc) is 2.24. The highest BCUT2D eigenvalue weighted by atomic mass is 35.5. The van der Waals surface area contributed by atoms with Gasteiger partial charge in [-0.25, -0.2) is 0 Å². The summed E-state index contributed by atoms with van der Waals surface area (Å²) in [4.78, 5) is 0. The lowest BCUT2D eigenvalue weighted by Crippen LogP contribution is -1.88. The van der Waals surface area contributed by atoms with Crippen molar-refractivity contribution >= 4 is 23.2 Å². The molecular formula is C14H12Cl2. The van der Waals surface area contributed by atoms with Gasteiger partial charge in [-0.3, -0.25) is 0 Å². The molecule has 0 spiro atoms. The summed E-state index contributed by atoms with van der Waals surface area (Å²) >= 11 is 12.4. The molecule has 0 aliphatic heterocycles. The van der Waals surface area contributed by atoms with E-state index in [9.17, 15) is 0 Å². The molecule has 16 heavy (non-hydrogen) atoms. The Morgan fingerprint density at radius 1 is 0.812 bits per heavy atom. The first-order chi connectivity index (χ1) is 7.61. The van der Waals surface area contributed by atoms with E-state index in [0.29, 0.717) is 0 Å². The zero-order valence-corrected chi connectivity index (χ0v) is 10.7. The Morgan fingerprint density at radius 3 is 2.12 bits per heavy atom. The predicted molar refractivity (Wildman–Crippen MR) is 71.4 cm³/mol. The first kappa shape index (κ1) is 11.5. The molecule has 82 valence electrons. The molecule has 0 bridgehead atoms. The van der Waals surface area contributed by atoms with Crippen molar-refractivity contribution in [1.29, 1.82) is 0 Å². The molecule has 0 amide bonds. The summed E-state index contributed by atoms with van der Waals surface area (Å²) in [5, 5.41) is 1.54. The van der Waals surface area contributed by atoms with E-state index in [-0.39, 0.29) is 0 Å². The van der Waals surface area contributed by atoms with Gasteiger partial charge in [-0.05, 0) is 42.7 Å². The molecule has 0 heterocycles. The Balaban J connectivity index is 2.73. The standard InChI is InChI=1S/C14H12Cl2/c1-9-5-3-8-13(16)14(9)11-6-4-7-12(15)10(11)2/h3-8H,1-2H3. The summed E-state index contributed by atoms with van der Waals surface area (Å²) < 4.78 is 0. The quantitative estimate of drug-likeness (QED) is 0.647. The van der Waals surface area contributed by atoms with E-state index in [0.717, 1.165) is 32.3 Å². The lowest BCUT2D eigenvalue weighted by molar-refractivity contribution is 1.41. The highest BCUT2D eigenvalue weighted by Gasteiger charge is 2.10. The maximum Gasteiger partial charge on any atom is 0.0487 e. The van der Waals surface area contributed by atoms with Crippen LogP contribution in [0, 0.1) is 13.8 Å². The van der Waals surface area contributed by atoms with Crippen LogP contribution in [-0.2, 0) is 0 Å². The van der Waals surface area contributed by atoms with Crippen LogP contribution in [0.5, 0.6) is 0 Å². The first-order valence-corrected chi connectivity index (χ1v) is 5.87. The van der Waals surface area contributed by atoms with Crippen molar-refractivity contribution in [2.45, 2.75) is 13.8 Å². The molecule has 2 heteroatoms. The zero-order chi connectivity index (χ0) is 11.7. The highest BCUT2D eigenvalue weighted by Crippen LogP contribution is 2.35. The van der Waals surface area contributed by atoms with Crippen LogP contribution in [0.15, 0.2) is 36.4 Å². The third-order valence-electron chi connectivity index (χ3n) is 2.76. The van der Waals surface area contributed by atoms with Crippen LogP contribution in [0.1, 0.15) is 11.1 Å². The van der Waals surface area contributed by atoms with E-state index in [4.69, 9.17) is 23.2 Å². The number of benzene rings is 2. The molecule has 2 rings (SSSR count). The number of aryl methyl sites for hydroxylation is 1. The van der Waals surface area contributed by atoms with Crippen molar-refractivity contribution in [2.24, 2.45) is 0 Å². The topological polar surface area (TPSA) is 0 Å². The lowest BCUT2D eigenvalue weighted by atomic mass is 9.97. The summed E-state index contributed by atoms with van der Waals surface area (Å²) in [6.07, 6.45) is 0. The number of hydrogen-bond acceptors (Lipinski definition) is 0. The van der Waals surface area contributed by atoms with E-state index in [1.54, 1.807) is 0 Å². The van der Waals surface area contributed by atoms with Gasteiger partial charge in [0, 0.05) is 15.6 Å². The molecule has 0 aliphatic rings. The SMILES string of the molecule is Cc1cccc(Cl)c1-c1cccc(Cl)c1C. The lowest BCUT2D eigenvalue weighted by Gasteiger charge is -2.12. The molecule has 0 fully saturated rings. The molecule has 0 saturated carbocycles. The highest BCUT2D eigenvalue weighted by molar-refractivity contribution is 6.34. The fourth-order valence-electron chi connectivity index (χ4n) is 1.85. The molecule has 0 N–H and O–H groups in total. The maximum atomic E-state index is 6.25. The van der Waals surface area contributed by atoms with Crippen LogP contribution in [0.25, 0.3) is 11.1 Å². The maximum absolute atomic E-state index is 6.25. The van der Waals surface area contributed by atoms with Gasteiger partial charge in [0.25, 0.3) is 0 Å². The van der Waals surface area contributed by atoms with Gasteiger partial charge in [-0.1, -0.05) is 47.5 Å². The molecule has 0 unspecified atom stereocenters. The van der Waals surface area contributed by atoms with Gasteiger partial charge < -0.3 is 0 Å². The zero-order valence-electron chi connectivity index (χ0n) is 9.22. The van der Waals surface area contributed by atoms with Gasteiger partial charge in [0.2, 0.25) is 0 Å². The second kappa shape index (κ2) is 4.48. The monoisotopic (exact) mass is 250 g/mol. The van der Waals surface area contributed by atoms with Gasteiger partial charge >= 0.3 is 0 Å². The van der Waals surface area contributed by atoms with Crippen molar-refractivity contribution in [2.75, 3.05) is 0 Å². The Morgan fingerprint density at radius 2 is 1.44 bits per heavy atom. The minimum atomic E-state index is 0.769. The van der Waals surface area contributed by atoms with Crippen LogP contribution < -0.4 is 0 Å². The second-order valence-corrected chi connectivity index (χ2v) is 4.66. The van der Waals surface area contributed by atoms with Crippen molar-refractivity contribution in [1.82, 2.24) is 0 Å². The summed E-state index contributed by atoms with van der Waals surface area (Å²) in [6, 6.07) is 11.8. The summed E-state index contributed by atoms with van der Waals surface area (Å²) in [7, 11) is 0. The normalized spacial score (nSPS) is 10.5. The fraction of sp³-hybridized carbons (Fsp3) is 0.143. The van der Waals surface area contributed by atoms with Gasteiger partial charge in [-0.2, -0.15) is 0 Å². The van der Waals surface area contributed by atoms with Crippen molar-refractivity contribution in [3.63, 3.8) is 0 Å². The van der Waals surface area contributed by atoms with Crippen LogP contribution >= 0.6 is 23.2 Å². The summed E-state index contributed by atoms with van der Waals surface area (Å²) in [5.74, 6) is 0. The molecule has 0 atom stereocenters. The van der Waals surface area contributed by atoms with Crippen LogP contribution in [0.3, 0.4) is 0 Å². The molecule has 2 aromatic carbocycles. The number of rotatable bonds is 1. The summed E-state index contributed by atoms with van der Waals surface area (Å²) in [5.41, 5.74) is 4.41. The molecule has 0 aliphatic carbocycles. The minimum absolute atomic E-state index is 0.769. The molecule has 0 radical (unpaired) electrons. The first-order valence-electron chi connectivity index (χ1n) is 5.12. The summed E-state index contributed by atoms with van der Waals surface area (Å²) in [6.45, 7) is 4.07. The Bertz CT molecular complexity index is 510. The molecular weight excluding hydrogens is 239 g/mol. The smallest absolute Gasteiger partial charge is 0.0487 e. The van der Waals surface area contributed by atoms with Crippen molar-refractivity contribution in [3.8, 4) is 11.1 Å². The third-order valence-corrected chi connectivity index (χ3v) is 3.48. The minimum Gasteiger partial charge on any atom is -0.0840 e. The van der Waals surface area contributed by atoms with E-state index < -0.39 is 0 Å². The molecule has 2 aromatic rings. The van der Waals surface area contributed by atoms with E-state index in [2.05, 4.69) is 19.1 Å². The largest absolute Gasteiger partial charge is 0.0840 e. The van der Waals surface area contributed by atoms with Gasteiger partial charge in [0.15, 0.2) is 0 Å². The Hall–Kier alpha value is -0.980. The third kappa shape index (κ3) is 1.95. The van der Waals surface area contributed by atoms with E-state index in [1.807, 2.05) is 31.2 Å². The number of halogens is 2. The van der Waals surface area contributed by atoms with Crippen molar-refractivity contribution in [3.05, 3.63) is 57.6 Å². The van der Waals surface area contributed by atoms with Crippen LogP contribution in [-0.4, -0.2) is 0 Å². The van der Waals surface area contributed by atoms with Gasteiger partial charge in [0.05, 0.1) is 0 Å². The Kier molecular flexibility index (Phi) is 3.22. The average molecular weight is 251 g/mol. The van der Waals surface area contributed by atoms with E-state index in [1.165, 1.54) is 0 Å². The van der Waals surface area contributed by atoms with E-state index >= 15 is 0 Å². The van der Waals surface area contributed by atoms with Crippen LogP contribution in [0.2, 0.25) is 10.0 Å². The van der Waals surface area contributed by atoms with Gasteiger partial charge in [-0.15, -0.1) is 0 Å². The second-order valence-electron chi connectivity index (χ2n) is 3.84. The van der Waals surface area contributed by atoms with Gasteiger partial charge in [0.1, 0.15) is 0 Å². The predicted octanol–water partition coefficient (Wildman–Crippen LogP) is 5.28. The fourth-order valence-corrected chi connectivity index (χ4v) is 2.35. The van der Waals surface area contributed by atoms with Crippen LogP contribution in [0.4, 0.5) is 0 Å². The molecule has 0 nitrogen and oxygen atoms in total. The molecule has 0 aromatic heterocycles. The number of hydrogen-bond donors (Lipinski definition) is 0. The molecule has 0 saturated heterocycles. The Labute approximate surface area is 106 Å². The van der Waals surface area contributed by atoms with Crippen molar-refractivity contribution < 1.29 is 0 Å².